The van der Waals surface area contributed by atoms with E-state index in [9.17, 15) is 14.4 Å². The zero-order valence-electron chi connectivity index (χ0n) is 15.5. The van der Waals surface area contributed by atoms with Gasteiger partial charge in [-0.15, -0.1) is 11.8 Å². The van der Waals surface area contributed by atoms with E-state index in [0.29, 0.717) is 22.7 Å². The Labute approximate surface area is 167 Å². The minimum atomic E-state index is -0.910. The van der Waals surface area contributed by atoms with Gasteiger partial charge in [0, 0.05) is 25.2 Å². The van der Waals surface area contributed by atoms with Crippen LogP contribution in [0.3, 0.4) is 0 Å². The fourth-order valence-electron chi connectivity index (χ4n) is 1.93. The molecule has 0 bridgehead atoms. The second-order valence-electron chi connectivity index (χ2n) is 5.55. The first-order valence-electron chi connectivity index (χ1n) is 8.66. The Bertz CT molecular complexity index is 771. The summed E-state index contributed by atoms with van der Waals surface area (Å²) < 4.78 is 0. The van der Waals surface area contributed by atoms with Crippen LogP contribution in [0.5, 0.6) is 0 Å². The van der Waals surface area contributed by atoms with Crippen LogP contribution in [0.15, 0.2) is 47.9 Å². The molecule has 0 spiro atoms. The molecule has 2 aromatic heterocycles. The summed E-state index contributed by atoms with van der Waals surface area (Å²) in [5, 5.41) is 20.4. The van der Waals surface area contributed by atoms with Gasteiger partial charge in [0.1, 0.15) is 5.03 Å². The van der Waals surface area contributed by atoms with Crippen molar-refractivity contribution in [1.29, 1.82) is 0 Å². The number of thioether (sulfide) groups is 1. The van der Waals surface area contributed by atoms with E-state index in [2.05, 4.69) is 22.2 Å². The van der Waals surface area contributed by atoms with Crippen LogP contribution in [0.1, 0.15) is 43.0 Å². The highest BCUT2D eigenvalue weighted by Crippen LogP contribution is 2.20. The fourth-order valence-corrected chi connectivity index (χ4v) is 2.77. The van der Waals surface area contributed by atoms with Crippen LogP contribution in [0.2, 0.25) is 0 Å². The van der Waals surface area contributed by atoms with Crippen LogP contribution in [0.4, 0.5) is 5.69 Å². The summed E-state index contributed by atoms with van der Waals surface area (Å²) >= 11 is 1.48. The molecule has 8 nitrogen and oxygen atoms in total. The molecule has 0 aliphatic carbocycles. The molecule has 2 heterocycles. The molecule has 0 radical (unpaired) electrons. The van der Waals surface area contributed by atoms with Gasteiger partial charge in [-0.3, -0.25) is 14.6 Å². The number of amides is 1. The molecule has 0 atom stereocenters. The molecule has 0 saturated heterocycles. The van der Waals surface area contributed by atoms with Gasteiger partial charge in [0.05, 0.1) is 17.4 Å². The van der Waals surface area contributed by atoms with Crippen molar-refractivity contribution < 1.29 is 24.6 Å². The SMILES string of the molecule is CCCSc1ncccc1C(=O)O.O=C(O)CCCC(=O)Nc1cccnc1. The number of carboxylic acids is 2. The van der Waals surface area contributed by atoms with Crippen LogP contribution in [0.25, 0.3) is 0 Å². The monoisotopic (exact) mass is 405 g/mol. The van der Waals surface area contributed by atoms with Gasteiger partial charge >= 0.3 is 11.9 Å². The fraction of sp³-hybridized carbons (Fsp3) is 0.316. The summed E-state index contributed by atoms with van der Waals surface area (Å²) in [6.07, 6.45) is 6.35. The summed E-state index contributed by atoms with van der Waals surface area (Å²) in [4.78, 5) is 40.0. The van der Waals surface area contributed by atoms with Crippen LogP contribution >= 0.6 is 11.8 Å². The Kier molecular flexibility index (Phi) is 10.9. The van der Waals surface area contributed by atoms with E-state index in [1.165, 1.54) is 18.0 Å². The Morgan fingerprint density at radius 3 is 2.46 bits per heavy atom. The minimum absolute atomic E-state index is 0.0143. The number of nitrogens with zero attached hydrogens (tertiary/aromatic N) is 2. The van der Waals surface area contributed by atoms with Crippen molar-refractivity contribution in [3.63, 3.8) is 0 Å². The predicted molar refractivity (Wildman–Crippen MR) is 107 cm³/mol. The molecule has 0 saturated carbocycles. The first-order valence-corrected chi connectivity index (χ1v) is 9.65. The van der Waals surface area contributed by atoms with Gasteiger partial charge in [-0.25, -0.2) is 9.78 Å². The second-order valence-corrected chi connectivity index (χ2v) is 6.63. The predicted octanol–water partition coefficient (Wildman–Crippen LogP) is 3.56. The average Bonchev–Trinajstić information content (AvgIpc) is 2.67. The topological polar surface area (TPSA) is 129 Å². The quantitative estimate of drug-likeness (QED) is 0.540. The summed E-state index contributed by atoms with van der Waals surface area (Å²) in [5.74, 6) is -1.09. The maximum Gasteiger partial charge on any atom is 0.338 e. The van der Waals surface area contributed by atoms with Crippen LogP contribution in [-0.4, -0.2) is 43.8 Å². The van der Waals surface area contributed by atoms with E-state index in [1.54, 1.807) is 36.7 Å². The van der Waals surface area contributed by atoms with Gasteiger partial charge in [0.2, 0.25) is 5.91 Å². The van der Waals surface area contributed by atoms with Crippen molar-refractivity contribution in [3.8, 4) is 0 Å². The lowest BCUT2D eigenvalue weighted by Gasteiger charge is -2.02. The first kappa shape index (κ1) is 23.1. The molecule has 0 fully saturated rings. The molecule has 2 aromatic rings. The van der Waals surface area contributed by atoms with Crippen molar-refractivity contribution in [2.24, 2.45) is 0 Å². The number of hydrogen-bond acceptors (Lipinski definition) is 6. The average molecular weight is 405 g/mol. The maximum atomic E-state index is 11.3. The number of anilines is 1. The Morgan fingerprint density at radius 2 is 1.86 bits per heavy atom. The van der Waals surface area contributed by atoms with Gasteiger partial charge in [-0.1, -0.05) is 6.92 Å². The summed E-state index contributed by atoms with van der Waals surface area (Å²) in [7, 11) is 0. The molecule has 3 N–H and O–H groups in total. The number of hydrogen-bond donors (Lipinski definition) is 3. The number of carbonyl (C=O) groups excluding carboxylic acids is 1. The zero-order chi connectivity index (χ0) is 20.8. The second kappa shape index (κ2) is 13.3. The van der Waals surface area contributed by atoms with E-state index in [-0.39, 0.29) is 18.7 Å². The molecule has 0 unspecified atom stereocenters. The van der Waals surface area contributed by atoms with Crippen molar-refractivity contribution in [3.05, 3.63) is 48.4 Å². The largest absolute Gasteiger partial charge is 0.481 e. The highest BCUT2D eigenvalue weighted by atomic mass is 32.2. The van der Waals surface area contributed by atoms with E-state index in [4.69, 9.17) is 10.2 Å². The third-order valence-electron chi connectivity index (χ3n) is 3.18. The molecule has 1 amide bonds. The van der Waals surface area contributed by atoms with Gasteiger partial charge in [-0.05, 0) is 42.9 Å². The van der Waals surface area contributed by atoms with Gasteiger partial charge in [0.25, 0.3) is 0 Å². The van der Waals surface area contributed by atoms with Crippen molar-refractivity contribution >= 4 is 35.3 Å². The molecular formula is C19H23N3O5S. The molecule has 0 aliphatic rings. The summed E-state index contributed by atoms with van der Waals surface area (Å²) in [6, 6.07) is 6.65. The molecule has 9 heteroatoms. The molecule has 2 rings (SSSR count). The number of nitrogens with one attached hydrogen (secondary N) is 1. The van der Waals surface area contributed by atoms with Gasteiger partial charge in [0.15, 0.2) is 0 Å². The molecule has 150 valence electrons. The van der Waals surface area contributed by atoms with E-state index in [1.807, 2.05) is 0 Å². The lowest BCUT2D eigenvalue weighted by atomic mass is 10.2. The number of aromatic carboxylic acids is 1. The third-order valence-corrected chi connectivity index (χ3v) is 4.40. The van der Waals surface area contributed by atoms with Crippen LogP contribution in [-0.2, 0) is 9.59 Å². The van der Waals surface area contributed by atoms with Gasteiger partial charge in [-0.2, -0.15) is 0 Å². The Morgan fingerprint density at radius 1 is 1.11 bits per heavy atom. The smallest absolute Gasteiger partial charge is 0.338 e. The van der Waals surface area contributed by atoms with E-state index in [0.717, 1.165) is 12.2 Å². The third kappa shape index (κ3) is 9.67. The molecule has 0 aliphatic heterocycles. The number of carbonyl (C=O) groups is 3. The number of aliphatic carboxylic acids is 1. The molecular weight excluding hydrogens is 382 g/mol. The normalized spacial score (nSPS) is 9.75. The van der Waals surface area contributed by atoms with Gasteiger partial charge < -0.3 is 15.5 Å². The summed E-state index contributed by atoms with van der Waals surface area (Å²) in [5.41, 5.74) is 0.916. The first-order chi connectivity index (χ1) is 13.4. The number of carboxylic acid groups (broad SMARTS) is 2. The zero-order valence-corrected chi connectivity index (χ0v) is 16.3. The van der Waals surface area contributed by atoms with Crippen molar-refractivity contribution in [2.45, 2.75) is 37.6 Å². The number of rotatable bonds is 9. The number of pyridine rings is 2. The molecule has 28 heavy (non-hydrogen) atoms. The standard InChI is InChI=1S/C10H12N2O3.C9H11NO2S/c13-9(4-1-5-10(14)15)12-8-3-2-6-11-7-8;1-2-6-13-8-7(9(11)12)4-3-5-10-8/h2-3,6-7H,1,4-5H2,(H,12,13)(H,14,15);3-5H,2,6H2,1H3,(H,11,12). The van der Waals surface area contributed by atoms with Crippen LogP contribution in [0, 0.1) is 0 Å². The number of aromatic nitrogens is 2. The minimum Gasteiger partial charge on any atom is -0.481 e. The maximum absolute atomic E-state index is 11.3. The highest BCUT2D eigenvalue weighted by molar-refractivity contribution is 7.99. The van der Waals surface area contributed by atoms with Crippen molar-refractivity contribution in [1.82, 2.24) is 9.97 Å². The lowest BCUT2D eigenvalue weighted by molar-refractivity contribution is -0.137. The van der Waals surface area contributed by atoms with Crippen molar-refractivity contribution in [2.75, 3.05) is 11.1 Å². The van der Waals surface area contributed by atoms with Crippen LogP contribution < -0.4 is 5.32 Å². The summed E-state index contributed by atoms with van der Waals surface area (Å²) in [6.45, 7) is 2.05. The van der Waals surface area contributed by atoms with E-state index >= 15 is 0 Å². The Hall–Kier alpha value is -2.94. The molecule has 0 aromatic carbocycles. The highest BCUT2D eigenvalue weighted by Gasteiger charge is 2.09. The lowest BCUT2D eigenvalue weighted by Crippen LogP contribution is -2.11. The van der Waals surface area contributed by atoms with E-state index < -0.39 is 11.9 Å². The Balaban J connectivity index is 0.000000283.